The molecule has 3 rings (SSSR count). The molecule has 0 aromatic heterocycles. The van der Waals surface area contributed by atoms with Gasteiger partial charge in [0, 0.05) is 10.7 Å². The number of fused-ring (bicyclic) bond motifs is 1. The first-order valence-electron chi connectivity index (χ1n) is 8.82. The normalized spacial score (nSPS) is 15.6. The molecule has 4 nitrogen and oxygen atoms in total. The highest BCUT2D eigenvalue weighted by Gasteiger charge is 2.32. The Balaban J connectivity index is 2.07. The Morgan fingerprint density at radius 2 is 1.85 bits per heavy atom. The molecule has 0 aliphatic carbocycles. The smallest absolute Gasteiger partial charge is 0.268 e. The van der Waals surface area contributed by atoms with Gasteiger partial charge < -0.3 is 5.32 Å². The Hall–Kier alpha value is -2.59. The van der Waals surface area contributed by atoms with Gasteiger partial charge in [0.05, 0.1) is 11.4 Å². The van der Waals surface area contributed by atoms with E-state index in [9.17, 15) is 9.59 Å². The molecule has 0 atom stereocenters. The minimum absolute atomic E-state index is 0.164. The molecule has 2 aromatic carbocycles. The average Bonchev–Trinajstić information content (AvgIpc) is 2.74. The number of nitrogens with one attached hydrogen (secondary N) is 1. The lowest BCUT2D eigenvalue weighted by atomic mass is 10.1. The van der Waals surface area contributed by atoms with Crippen LogP contribution in [0.1, 0.15) is 32.6 Å². The third-order valence-electron chi connectivity index (χ3n) is 4.30. The number of unbranched alkanes of at least 4 members (excludes halogenated alkanes) is 3. The zero-order valence-electron chi connectivity index (χ0n) is 14.7. The van der Waals surface area contributed by atoms with Crippen LogP contribution < -0.4 is 10.2 Å². The Bertz CT molecular complexity index is 846. The molecule has 0 saturated heterocycles. The maximum Gasteiger partial charge on any atom is 0.268 e. The van der Waals surface area contributed by atoms with Gasteiger partial charge in [0.15, 0.2) is 0 Å². The molecule has 2 amide bonds. The lowest BCUT2D eigenvalue weighted by Crippen LogP contribution is -2.29. The van der Waals surface area contributed by atoms with Crippen LogP contribution in [-0.2, 0) is 9.59 Å². The zero-order chi connectivity index (χ0) is 18.5. The third-order valence-corrected chi connectivity index (χ3v) is 4.53. The summed E-state index contributed by atoms with van der Waals surface area (Å²) in [6.07, 6.45) is 5.55. The summed E-state index contributed by atoms with van der Waals surface area (Å²) in [5, 5.41) is 3.34. The fourth-order valence-corrected chi connectivity index (χ4v) is 3.13. The van der Waals surface area contributed by atoms with Gasteiger partial charge in [-0.05, 0) is 43.2 Å². The van der Waals surface area contributed by atoms with E-state index in [-0.39, 0.29) is 17.4 Å². The van der Waals surface area contributed by atoms with Crippen molar-refractivity contribution in [3.05, 3.63) is 65.2 Å². The quantitative estimate of drug-likeness (QED) is 0.432. The standard InChI is InChI=1S/C21H21ClN2O2/c1-2-3-4-8-11-17-20(25)23-18-13-12-15(22)14-19(18)24(21(17)26)16-9-6-5-7-10-16/h5-7,9-14H,2-4,8H2,1H3,(H,23,25)/b17-11-. The van der Waals surface area contributed by atoms with Crippen LogP contribution in [0.15, 0.2) is 60.2 Å². The number of benzene rings is 2. The van der Waals surface area contributed by atoms with Crippen molar-refractivity contribution in [3.8, 4) is 0 Å². The van der Waals surface area contributed by atoms with Gasteiger partial charge in [-0.3, -0.25) is 14.5 Å². The summed E-state index contributed by atoms with van der Waals surface area (Å²) in [7, 11) is 0. The molecule has 0 radical (unpaired) electrons. The molecule has 0 unspecified atom stereocenters. The summed E-state index contributed by atoms with van der Waals surface area (Å²) in [6.45, 7) is 2.12. The van der Waals surface area contributed by atoms with E-state index >= 15 is 0 Å². The second-order valence-electron chi connectivity index (χ2n) is 6.21. The Kier molecular flexibility index (Phi) is 5.74. The molecule has 5 heteroatoms. The second kappa shape index (κ2) is 8.19. The number of hydrogen-bond acceptors (Lipinski definition) is 2. The number of hydrogen-bond donors (Lipinski definition) is 1. The topological polar surface area (TPSA) is 49.4 Å². The number of anilines is 3. The molecule has 26 heavy (non-hydrogen) atoms. The van der Waals surface area contributed by atoms with E-state index in [2.05, 4.69) is 12.2 Å². The summed E-state index contributed by atoms with van der Waals surface area (Å²) in [5.41, 5.74) is 1.99. The monoisotopic (exact) mass is 368 g/mol. The van der Waals surface area contributed by atoms with E-state index < -0.39 is 0 Å². The fourth-order valence-electron chi connectivity index (χ4n) is 2.97. The first-order chi connectivity index (χ1) is 12.6. The number of halogens is 1. The summed E-state index contributed by atoms with van der Waals surface area (Å²) in [4.78, 5) is 27.4. The lowest BCUT2D eigenvalue weighted by Gasteiger charge is -2.23. The number of para-hydroxylation sites is 1. The second-order valence-corrected chi connectivity index (χ2v) is 6.64. The van der Waals surface area contributed by atoms with Crippen LogP contribution in [-0.4, -0.2) is 11.8 Å². The predicted octanol–water partition coefficient (Wildman–Crippen LogP) is 5.46. The number of nitrogens with zero attached hydrogens (tertiary/aromatic N) is 1. The van der Waals surface area contributed by atoms with Crippen molar-refractivity contribution in [2.75, 3.05) is 10.2 Å². The largest absolute Gasteiger partial charge is 0.320 e. The summed E-state index contributed by atoms with van der Waals surface area (Å²) >= 11 is 6.16. The molecule has 1 aliphatic heterocycles. The van der Waals surface area contributed by atoms with Gasteiger partial charge in [0.25, 0.3) is 11.8 Å². The van der Waals surface area contributed by atoms with E-state index in [0.717, 1.165) is 19.3 Å². The van der Waals surface area contributed by atoms with Crippen molar-refractivity contribution < 1.29 is 9.59 Å². The summed E-state index contributed by atoms with van der Waals surface area (Å²) < 4.78 is 0. The molecule has 0 fully saturated rings. The van der Waals surface area contributed by atoms with E-state index in [1.54, 1.807) is 29.2 Å². The van der Waals surface area contributed by atoms with Crippen molar-refractivity contribution >= 4 is 40.5 Å². The Labute approximate surface area is 158 Å². The molecule has 0 bridgehead atoms. The number of amides is 2. The van der Waals surface area contributed by atoms with E-state index in [0.29, 0.717) is 28.5 Å². The van der Waals surface area contributed by atoms with Crippen molar-refractivity contribution in [1.82, 2.24) is 0 Å². The van der Waals surface area contributed by atoms with Crippen molar-refractivity contribution in [1.29, 1.82) is 0 Å². The number of carbonyl (C=O) groups excluding carboxylic acids is 2. The van der Waals surface area contributed by atoms with Crippen LogP contribution >= 0.6 is 11.6 Å². The highest BCUT2D eigenvalue weighted by Crippen LogP contribution is 2.38. The first-order valence-corrected chi connectivity index (χ1v) is 9.20. The molecule has 0 saturated carbocycles. The molecular formula is C21H21ClN2O2. The molecule has 1 heterocycles. The number of allylic oxidation sites excluding steroid dienone is 1. The molecule has 2 aromatic rings. The van der Waals surface area contributed by atoms with Crippen LogP contribution in [0.4, 0.5) is 17.1 Å². The summed E-state index contributed by atoms with van der Waals surface area (Å²) in [6, 6.07) is 14.4. The van der Waals surface area contributed by atoms with Gasteiger partial charge in [-0.1, -0.05) is 55.6 Å². The Morgan fingerprint density at radius 3 is 2.58 bits per heavy atom. The van der Waals surface area contributed by atoms with Gasteiger partial charge in [0.1, 0.15) is 5.57 Å². The number of carbonyl (C=O) groups is 2. The predicted molar refractivity (Wildman–Crippen MR) is 106 cm³/mol. The maximum absolute atomic E-state index is 13.2. The van der Waals surface area contributed by atoms with Crippen molar-refractivity contribution in [2.45, 2.75) is 32.6 Å². The van der Waals surface area contributed by atoms with E-state index in [4.69, 9.17) is 11.6 Å². The van der Waals surface area contributed by atoms with Crippen LogP contribution in [0.3, 0.4) is 0 Å². The van der Waals surface area contributed by atoms with Gasteiger partial charge in [-0.25, -0.2) is 0 Å². The zero-order valence-corrected chi connectivity index (χ0v) is 15.4. The molecule has 134 valence electrons. The highest BCUT2D eigenvalue weighted by molar-refractivity contribution is 6.34. The van der Waals surface area contributed by atoms with E-state index in [1.807, 2.05) is 30.3 Å². The van der Waals surface area contributed by atoms with E-state index in [1.165, 1.54) is 0 Å². The third kappa shape index (κ3) is 3.81. The van der Waals surface area contributed by atoms with Crippen molar-refractivity contribution in [2.24, 2.45) is 0 Å². The molecule has 0 spiro atoms. The van der Waals surface area contributed by atoms with Gasteiger partial charge in [0.2, 0.25) is 0 Å². The van der Waals surface area contributed by atoms with Gasteiger partial charge >= 0.3 is 0 Å². The average molecular weight is 369 g/mol. The highest BCUT2D eigenvalue weighted by atomic mass is 35.5. The minimum Gasteiger partial charge on any atom is -0.320 e. The van der Waals surface area contributed by atoms with Crippen LogP contribution in [0.2, 0.25) is 5.02 Å². The SMILES string of the molecule is CCCCC/C=C1/C(=O)Nc2ccc(Cl)cc2N(c2ccccc2)C1=O. The fraction of sp³-hybridized carbons (Fsp3) is 0.238. The molecule has 1 aliphatic rings. The number of rotatable bonds is 5. The Morgan fingerprint density at radius 1 is 1.08 bits per heavy atom. The van der Waals surface area contributed by atoms with Crippen molar-refractivity contribution in [3.63, 3.8) is 0 Å². The lowest BCUT2D eigenvalue weighted by molar-refractivity contribution is -0.119. The van der Waals surface area contributed by atoms with Crippen LogP contribution in [0, 0.1) is 0 Å². The minimum atomic E-state index is -0.381. The maximum atomic E-state index is 13.2. The first kappa shape index (κ1) is 18.2. The summed E-state index contributed by atoms with van der Waals surface area (Å²) in [5.74, 6) is -0.722. The van der Waals surface area contributed by atoms with Crippen LogP contribution in [0.5, 0.6) is 0 Å². The molecule has 1 N–H and O–H groups in total. The van der Waals surface area contributed by atoms with Crippen LogP contribution in [0.25, 0.3) is 0 Å². The molecular weight excluding hydrogens is 348 g/mol. The van der Waals surface area contributed by atoms with Gasteiger partial charge in [-0.15, -0.1) is 0 Å². The van der Waals surface area contributed by atoms with Gasteiger partial charge in [-0.2, -0.15) is 0 Å².